The summed E-state index contributed by atoms with van der Waals surface area (Å²) in [5.74, 6) is 0.124. The number of benzene rings is 1. The Morgan fingerprint density at radius 2 is 2.08 bits per heavy atom. The van der Waals surface area contributed by atoms with Gasteiger partial charge in [-0.25, -0.2) is 0 Å². The zero-order chi connectivity index (χ0) is 17.7. The molecule has 1 aliphatic rings. The van der Waals surface area contributed by atoms with Gasteiger partial charge in [0.15, 0.2) is 16.6 Å². The summed E-state index contributed by atoms with van der Waals surface area (Å²) in [5, 5.41) is 2.58. The van der Waals surface area contributed by atoms with Gasteiger partial charge in [0.05, 0.1) is 13.7 Å². The van der Waals surface area contributed by atoms with Crippen molar-refractivity contribution in [1.82, 2.24) is 10.2 Å². The average molecular weight is 346 g/mol. The van der Waals surface area contributed by atoms with Gasteiger partial charge in [0.1, 0.15) is 5.57 Å². The lowest BCUT2D eigenvalue weighted by Crippen LogP contribution is -2.53. The van der Waals surface area contributed by atoms with Crippen molar-refractivity contribution in [3.63, 3.8) is 0 Å². The molecule has 1 saturated heterocycles. The molecule has 0 unspecified atom stereocenters. The Bertz CT molecular complexity index is 727. The van der Waals surface area contributed by atoms with Gasteiger partial charge in [0.2, 0.25) is 0 Å². The van der Waals surface area contributed by atoms with E-state index in [1.807, 2.05) is 6.92 Å². The molecule has 0 aromatic heterocycles. The number of rotatable bonds is 6. The van der Waals surface area contributed by atoms with Gasteiger partial charge in [-0.05, 0) is 42.9 Å². The fraction of sp³-hybridized carbons (Fsp3) is 0.235. The third kappa shape index (κ3) is 3.62. The molecule has 1 heterocycles. The van der Waals surface area contributed by atoms with Crippen molar-refractivity contribution in [1.29, 1.82) is 0 Å². The molecule has 2 rings (SSSR count). The lowest BCUT2D eigenvalue weighted by atomic mass is 10.1. The number of ether oxygens (including phenoxy) is 2. The number of methoxy groups -OCH3 is 1. The summed E-state index contributed by atoms with van der Waals surface area (Å²) in [4.78, 5) is 25.8. The van der Waals surface area contributed by atoms with Gasteiger partial charge < -0.3 is 9.47 Å². The first-order valence-electron chi connectivity index (χ1n) is 7.32. The predicted octanol–water partition coefficient (Wildman–Crippen LogP) is 1.91. The number of carbonyl (C=O) groups excluding carboxylic acids is 2. The minimum atomic E-state index is -0.529. The molecular formula is C17H18N2O4S. The van der Waals surface area contributed by atoms with Gasteiger partial charge in [-0.15, -0.1) is 6.58 Å². The summed E-state index contributed by atoms with van der Waals surface area (Å²) in [6.07, 6.45) is 3.03. The quantitative estimate of drug-likeness (QED) is 0.369. The van der Waals surface area contributed by atoms with Gasteiger partial charge in [-0.1, -0.05) is 12.1 Å². The van der Waals surface area contributed by atoms with Crippen molar-refractivity contribution in [2.45, 2.75) is 6.92 Å². The largest absolute Gasteiger partial charge is 0.493 e. The molecule has 0 aliphatic carbocycles. The van der Waals surface area contributed by atoms with E-state index in [4.69, 9.17) is 21.7 Å². The molecular weight excluding hydrogens is 328 g/mol. The van der Waals surface area contributed by atoms with E-state index >= 15 is 0 Å². The molecule has 7 heteroatoms. The highest BCUT2D eigenvalue weighted by Gasteiger charge is 2.32. The van der Waals surface area contributed by atoms with Gasteiger partial charge in [0.25, 0.3) is 11.8 Å². The Morgan fingerprint density at radius 3 is 2.71 bits per heavy atom. The first-order chi connectivity index (χ1) is 11.5. The zero-order valence-corrected chi connectivity index (χ0v) is 14.3. The molecule has 126 valence electrons. The molecule has 1 N–H and O–H groups in total. The van der Waals surface area contributed by atoms with Crippen molar-refractivity contribution >= 4 is 35.2 Å². The van der Waals surface area contributed by atoms with Crippen molar-refractivity contribution in [3.05, 3.63) is 42.0 Å². The Kier molecular flexibility index (Phi) is 5.70. The molecule has 0 radical (unpaired) electrons. The van der Waals surface area contributed by atoms with Crippen LogP contribution < -0.4 is 14.8 Å². The highest BCUT2D eigenvalue weighted by atomic mass is 32.1. The van der Waals surface area contributed by atoms with Crippen LogP contribution in [0.4, 0.5) is 0 Å². The van der Waals surface area contributed by atoms with Gasteiger partial charge >= 0.3 is 0 Å². The first kappa shape index (κ1) is 17.7. The van der Waals surface area contributed by atoms with Crippen molar-refractivity contribution < 1.29 is 19.1 Å². The zero-order valence-electron chi connectivity index (χ0n) is 13.5. The summed E-state index contributed by atoms with van der Waals surface area (Å²) in [6, 6.07) is 5.17. The maximum Gasteiger partial charge on any atom is 0.265 e. The molecule has 2 amide bonds. The van der Waals surface area contributed by atoms with E-state index < -0.39 is 11.8 Å². The third-order valence-corrected chi connectivity index (χ3v) is 3.62. The molecule has 1 fully saturated rings. The highest BCUT2D eigenvalue weighted by Crippen LogP contribution is 2.29. The minimum absolute atomic E-state index is 0.00309. The van der Waals surface area contributed by atoms with Crippen LogP contribution in [-0.2, 0) is 9.59 Å². The second-order valence-electron chi connectivity index (χ2n) is 4.87. The van der Waals surface area contributed by atoms with Crippen molar-refractivity contribution in [2.24, 2.45) is 0 Å². The van der Waals surface area contributed by atoms with Crippen LogP contribution in [-0.4, -0.2) is 42.1 Å². The van der Waals surface area contributed by atoms with Crippen LogP contribution in [0.1, 0.15) is 12.5 Å². The first-order valence-corrected chi connectivity index (χ1v) is 7.73. The monoisotopic (exact) mass is 346 g/mol. The van der Waals surface area contributed by atoms with Gasteiger partial charge in [0, 0.05) is 6.54 Å². The summed E-state index contributed by atoms with van der Waals surface area (Å²) in [7, 11) is 1.53. The van der Waals surface area contributed by atoms with E-state index in [2.05, 4.69) is 11.9 Å². The Labute approximate surface area is 145 Å². The molecule has 1 aromatic rings. The standard InChI is InChI=1S/C17H18N2O4S/c1-4-8-19-16(21)12(15(20)18-17(19)24)9-11-6-7-13(23-5-2)14(10-11)22-3/h4,6-7,9-10H,1,5,8H2,2-3H3,(H,18,20,24). The predicted molar refractivity (Wildman–Crippen MR) is 94.8 cm³/mol. The van der Waals surface area contributed by atoms with Crippen LogP contribution in [0.25, 0.3) is 6.08 Å². The van der Waals surface area contributed by atoms with E-state index in [1.54, 1.807) is 24.3 Å². The summed E-state index contributed by atoms with van der Waals surface area (Å²) < 4.78 is 10.7. The Morgan fingerprint density at radius 1 is 1.33 bits per heavy atom. The number of amides is 2. The highest BCUT2D eigenvalue weighted by molar-refractivity contribution is 7.80. The van der Waals surface area contributed by atoms with Crippen LogP contribution in [0.15, 0.2) is 36.4 Å². The van der Waals surface area contributed by atoms with Gasteiger partial charge in [-0.2, -0.15) is 0 Å². The molecule has 6 nitrogen and oxygen atoms in total. The molecule has 0 spiro atoms. The van der Waals surface area contributed by atoms with Crippen LogP contribution in [0.5, 0.6) is 11.5 Å². The molecule has 0 saturated carbocycles. The maximum absolute atomic E-state index is 12.5. The van der Waals surface area contributed by atoms with Crippen LogP contribution in [0.2, 0.25) is 0 Å². The second kappa shape index (κ2) is 7.74. The molecule has 1 aliphatic heterocycles. The molecule has 0 bridgehead atoms. The van der Waals surface area contributed by atoms with E-state index in [-0.39, 0.29) is 17.2 Å². The number of thiocarbonyl (C=S) groups is 1. The number of carbonyl (C=O) groups is 2. The second-order valence-corrected chi connectivity index (χ2v) is 5.25. The van der Waals surface area contributed by atoms with Crippen molar-refractivity contribution in [2.75, 3.05) is 20.3 Å². The van der Waals surface area contributed by atoms with Crippen molar-refractivity contribution in [3.8, 4) is 11.5 Å². The topological polar surface area (TPSA) is 67.9 Å². The van der Waals surface area contributed by atoms with E-state index in [0.29, 0.717) is 23.7 Å². The lowest BCUT2D eigenvalue weighted by molar-refractivity contribution is -0.128. The number of hydrogen-bond donors (Lipinski definition) is 1. The van der Waals surface area contributed by atoms with Crippen LogP contribution in [0.3, 0.4) is 0 Å². The Hall–Kier alpha value is -2.67. The fourth-order valence-electron chi connectivity index (χ4n) is 2.20. The lowest BCUT2D eigenvalue weighted by Gasteiger charge is -2.27. The normalized spacial score (nSPS) is 16.2. The number of nitrogens with one attached hydrogen (secondary N) is 1. The summed E-state index contributed by atoms with van der Waals surface area (Å²) in [6.45, 7) is 6.19. The fourth-order valence-corrected chi connectivity index (χ4v) is 2.45. The maximum atomic E-state index is 12.5. The van der Waals surface area contributed by atoms with E-state index in [0.717, 1.165) is 0 Å². The Balaban J connectivity index is 2.38. The molecule has 0 atom stereocenters. The number of nitrogens with zero attached hydrogens (tertiary/aromatic N) is 1. The van der Waals surface area contributed by atoms with Crippen LogP contribution in [0, 0.1) is 0 Å². The molecule has 24 heavy (non-hydrogen) atoms. The van der Waals surface area contributed by atoms with Crippen LogP contribution >= 0.6 is 12.2 Å². The average Bonchev–Trinajstić information content (AvgIpc) is 2.56. The third-order valence-electron chi connectivity index (χ3n) is 3.30. The smallest absolute Gasteiger partial charge is 0.265 e. The minimum Gasteiger partial charge on any atom is -0.493 e. The SMILES string of the molecule is C=CCN1C(=O)C(=Cc2ccc(OCC)c(OC)c2)C(=O)NC1=S. The molecule has 1 aromatic carbocycles. The van der Waals surface area contributed by atoms with E-state index in [9.17, 15) is 9.59 Å². The number of hydrogen-bond acceptors (Lipinski definition) is 5. The summed E-state index contributed by atoms with van der Waals surface area (Å²) >= 11 is 5.01. The van der Waals surface area contributed by atoms with E-state index in [1.165, 1.54) is 18.1 Å². The summed E-state index contributed by atoms with van der Waals surface area (Å²) in [5.41, 5.74) is 0.636. The van der Waals surface area contributed by atoms with Gasteiger partial charge in [-0.3, -0.25) is 19.8 Å².